The van der Waals surface area contributed by atoms with Gasteiger partial charge in [-0.3, -0.25) is 4.79 Å². The first kappa shape index (κ1) is 11.7. The van der Waals surface area contributed by atoms with Crippen molar-refractivity contribution in [2.45, 2.75) is 44.2 Å². The Morgan fingerprint density at radius 3 is 2.83 bits per heavy atom. The SMILES string of the molecule is O=C(NC1CCCC1)C1CNCc2ccccc21. The maximum atomic E-state index is 12.4. The summed E-state index contributed by atoms with van der Waals surface area (Å²) in [6.07, 6.45) is 4.80. The molecule has 1 aromatic carbocycles. The number of carbonyl (C=O) groups excluding carboxylic acids is 1. The zero-order valence-corrected chi connectivity index (χ0v) is 10.6. The van der Waals surface area contributed by atoms with Crippen molar-refractivity contribution in [3.8, 4) is 0 Å². The third-order valence-electron chi connectivity index (χ3n) is 4.11. The molecule has 2 aliphatic rings. The average molecular weight is 244 g/mol. The molecule has 96 valence electrons. The van der Waals surface area contributed by atoms with E-state index < -0.39 is 0 Å². The quantitative estimate of drug-likeness (QED) is 0.834. The van der Waals surface area contributed by atoms with Gasteiger partial charge in [0.15, 0.2) is 0 Å². The smallest absolute Gasteiger partial charge is 0.229 e. The standard InChI is InChI=1S/C15H20N2O/c18-15(17-12-6-2-3-7-12)14-10-16-9-11-5-1-4-8-13(11)14/h1,4-5,8,12,14,16H,2-3,6-7,9-10H2,(H,17,18). The summed E-state index contributed by atoms with van der Waals surface area (Å²) in [5.74, 6) is 0.178. The van der Waals surface area contributed by atoms with Crippen molar-refractivity contribution in [3.63, 3.8) is 0 Å². The van der Waals surface area contributed by atoms with E-state index in [1.807, 2.05) is 12.1 Å². The Morgan fingerprint density at radius 2 is 2.00 bits per heavy atom. The van der Waals surface area contributed by atoms with Crippen LogP contribution in [0.5, 0.6) is 0 Å². The molecule has 0 aromatic heterocycles. The Labute approximate surface area is 108 Å². The first-order valence-electron chi connectivity index (χ1n) is 6.93. The third kappa shape index (κ3) is 2.27. The number of hydrogen-bond acceptors (Lipinski definition) is 2. The lowest BCUT2D eigenvalue weighted by Gasteiger charge is -2.26. The van der Waals surface area contributed by atoms with E-state index in [0.717, 1.165) is 25.9 Å². The molecule has 1 atom stereocenters. The minimum absolute atomic E-state index is 0.0180. The summed E-state index contributed by atoms with van der Waals surface area (Å²) in [4.78, 5) is 12.4. The molecule has 1 unspecified atom stereocenters. The van der Waals surface area contributed by atoms with Crippen molar-refractivity contribution in [1.82, 2.24) is 10.6 Å². The predicted octanol–water partition coefficient (Wildman–Crippen LogP) is 1.93. The van der Waals surface area contributed by atoms with E-state index in [0.29, 0.717) is 6.04 Å². The monoisotopic (exact) mass is 244 g/mol. The second-order valence-electron chi connectivity index (χ2n) is 5.37. The van der Waals surface area contributed by atoms with Crippen LogP contribution in [0.1, 0.15) is 42.7 Å². The summed E-state index contributed by atoms with van der Waals surface area (Å²) in [6.45, 7) is 1.64. The molecule has 3 rings (SSSR count). The van der Waals surface area contributed by atoms with Crippen molar-refractivity contribution in [3.05, 3.63) is 35.4 Å². The van der Waals surface area contributed by atoms with Gasteiger partial charge in [0.25, 0.3) is 0 Å². The number of amides is 1. The maximum absolute atomic E-state index is 12.4. The second-order valence-corrected chi connectivity index (χ2v) is 5.37. The molecule has 3 nitrogen and oxygen atoms in total. The van der Waals surface area contributed by atoms with Crippen molar-refractivity contribution < 1.29 is 4.79 Å². The van der Waals surface area contributed by atoms with Crippen LogP contribution in [0.15, 0.2) is 24.3 Å². The van der Waals surface area contributed by atoms with Crippen LogP contribution in [0.4, 0.5) is 0 Å². The van der Waals surface area contributed by atoms with Gasteiger partial charge >= 0.3 is 0 Å². The van der Waals surface area contributed by atoms with Crippen LogP contribution in [0.3, 0.4) is 0 Å². The van der Waals surface area contributed by atoms with E-state index in [4.69, 9.17) is 0 Å². The number of rotatable bonds is 2. The molecule has 2 N–H and O–H groups in total. The van der Waals surface area contributed by atoms with Gasteiger partial charge in [-0.05, 0) is 24.0 Å². The molecule has 1 saturated carbocycles. The van der Waals surface area contributed by atoms with Gasteiger partial charge < -0.3 is 10.6 Å². The molecule has 3 heteroatoms. The van der Waals surface area contributed by atoms with E-state index in [-0.39, 0.29) is 11.8 Å². The molecule has 1 amide bonds. The normalized spacial score (nSPS) is 23.7. The number of benzene rings is 1. The highest BCUT2D eigenvalue weighted by Crippen LogP contribution is 2.25. The minimum atomic E-state index is -0.0180. The molecule has 18 heavy (non-hydrogen) atoms. The highest BCUT2D eigenvalue weighted by atomic mass is 16.2. The molecular weight excluding hydrogens is 224 g/mol. The van der Waals surface area contributed by atoms with E-state index in [1.165, 1.54) is 24.0 Å². The van der Waals surface area contributed by atoms with Gasteiger partial charge in [-0.25, -0.2) is 0 Å². The molecule has 0 bridgehead atoms. The molecule has 1 fully saturated rings. The largest absolute Gasteiger partial charge is 0.353 e. The van der Waals surface area contributed by atoms with E-state index >= 15 is 0 Å². The number of fused-ring (bicyclic) bond motifs is 1. The van der Waals surface area contributed by atoms with E-state index in [9.17, 15) is 4.79 Å². The lowest BCUT2D eigenvalue weighted by molar-refractivity contribution is -0.123. The molecule has 1 aliphatic carbocycles. The van der Waals surface area contributed by atoms with Gasteiger partial charge in [0.05, 0.1) is 5.92 Å². The van der Waals surface area contributed by atoms with Crippen molar-refractivity contribution in [2.24, 2.45) is 0 Å². The number of hydrogen-bond donors (Lipinski definition) is 2. The van der Waals surface area contributed by atoms with Gasteiger partial charge in [0.1, 0.15) is 0 Å². The van der Waals surface area contributed by atoms with E-state index in [1.54, 1.807) is 0 Å². The zero-order valence-electron chi connectivity index (χ0n) is 10.6. The van der Waals surface area contributed by atoms with Crippen molar-refractivity contribution >= 4 is 5.91 Å². The van der Waals surface area contributed by atoms with Crippen LogP contribution in [0.2, 0.25) is 0 Å². The summed E-state index contributed by atoms with van der Waals surface area (Å²) in [5.41, 5.74) is 2.46. The summed E-state index contributed by atoms with van der Waals surface area (Å²) in [5, 5.41) is 6.55. The zero-order chi connectivity index (χ0) is 12.4. The molecule has 1 aromatic rings. The maximum Gasteiger partial charge on any atom is 0.229 e. The highest BCUT2D eigenvalue weighted by molar-refractivity contribution is 5.85. The Balaban J connectivity index is 1.74. The minimum Gasteiger partial charge on any atom is -0.353 e. The first-order valence-corrected chi connectivity index (χ1v) is 6.93. The fourth-order valence-corrected chi connectivity index (χ4v) is 3.10. The lowest BCUT2D eigenvalue weighted by atomic mass is 9.90. The van der Waals surface area contributed by atoms with Crippen LogP contribution < -0.4 is 10.6 Å². The Hall–Kier alpha value is -1.35. The molecule has 1 heterocycles. The molecule has 0 saturated heterocycles. The number of carbonyl (C=O) groups is 1. The van der Waals surface area contributed by atoms with Gasteiger partial charge in [-0.2, -0.15) is 0 Å². The topological polar surface area (TPSA) is 41.1 Å². The third-order valence-corrected chi connectivity index (χ3v) is 4.11. The van der Waals surface area contributed by atoms with Crippen molar-refractivity contribution in [1.29, 1.82) is 0 Å². The Bertz CT molecular complexity index is 438. The summed E-state index contributed by atoms with van der Waals surface area (Å²) in [6, 6.07) is 8.68. The average Bonchev–Trinajstić information content (AvgIpc) is 2.91. The van der Waals surface area contributed by atoms with Gasteiger partial charge in [-0.15, -0.1) is 0 Å². The van der Waals surface area contributed by atoms with Crippen LogP contribution in [0.25, 0.3) is 0 Å². The molecular formula is C15H20N2O. The number of nitrogens with one attached hydrogen (secondary N) is 2. The molecule has 0 radical (unpaired) electrons. The van der Waals surface area contributed by atoms with Gasteiger partial charge in [0.2, 0.25) is 5.91 Å². The summed E-state index contributed by atoms with van der Waals surface area (Å²) >= 11 is 0. The Morgan fingerprint density at radius 1 is 1.22 bits per heavy atom. The van der Waals surface area contributed by atoms with Crippen LogP contribution in [-0.2, 0) is 11.3 Å². The summed E-state index contributed by atoms with van der Waals surface area (Å²) < 4.78 is 0. The molecule has 1 aliphatic heterocycles. The summed E-state index contributed by atoms with van der Waals surface area (Å²) in [7, 11) is 0. The van der Waals surface area contributed by atoms with Crippen molar-refractivity contribution in [2.75, 3.05) is 6.54 Å². The first-order chi connectivity index (χ1) is 8.84. The van der Waals surface area contributed by atoms with Crippen LogP contribution in [-0.4, -0.2) is 18.5 Å². The second kappa shape index (κ2) is 5.11. The van der Waals surface area contributed by atoms with Crippen LogP contribution >= 0.6 is 0 Å². The Kier molecular flexibility index (Phi) is 3.33. The molecule has 0 spiro atoms. The van der Waals surface area contributed by atoms with E-state index in [2.05, 4.69) is 22.8 Å². The lowest BCUT2D eigenvalue weighted by Crippen LogP contribution is -2.42. The fraction of sp³-hybridized carbons (Fsp3) is 0.533. The highest BCUT2D eigenvalue weighted by Gasteiger charge is 2.28. The van der Waals surface area contributed by atoms with Gasteiger partial charge in [0, 0.05) is 19.1 Å². The fourth-order valence-electron chi connectivity index (χ4n) is 3.10. The predicted molar refractivity (Wildman–Crippen MR) is 71.3 cm³/mol. The van der Waals surface area contributed by atoms with Gasteiger partial charge in [-0.1, -0.05) is 37.1 Å². The van der Waals surface area contributed by atoms with Crippen LogP contribution in [0, 0.1) is 0 Å².